The van der Waals surface area contributed by atoms with E-state index in [0.29, 0.717) is 0 Å². The van der Waals surface area contributed by atoms with E-state index in [1.54, 1.807) is 6.92 Å². The number of nitrogens with zero attached hydrogens (tertiary/aromatic N) is 1. The highest BCUT2D eigenvalue weighted by Gasteiger charge is 2.03. The van der Waals surface area contributed by atoms with Crippen LogP contribution in [0.25, 0.3) is 0 Å². The van der Waals surface area contributed by atoms with Crippen LogP contribution >= 0.6 is 0 Å². The van der Waals surface area contributed by atoms with Crippen molar-refractivity contribution in [3.8, 4) is 5.88 Å². The number of halogens is 2. The van der Waals surface area contributed by atoms with Crippen molar-refractivity contribution in [2.45, 2.75) is 13.5 Å². The van der Waals surface area contributed by atoms with Gasteiger partial charge in [0, 0.05) is 18.3 Å². The summed E-state index contributed by atoms with van der Waals surface area (Å²) >= 11 is 0. The van der Waals surface area contributed by atoms with Crippen LogP contribution in [0.15, 0.2) is 12.3 Å². The Morgan fingerprint density at radius 1 is 1.64 bits per heavy atom. The van der Waals surface area contributed by atoms with Gasteiger partial charge in [0.2, 0.25) is 5.88 Å². The normalized spacial score (nSPS) is 10.2. The molecule has 0 fully saturated rings. The number of hydrogen-bond acceptors (Lipinski definition) is 2. The van der Waals surface area contributed by atoms with Gasteiger partial charge < -0.3 is 4.74 Å². The van der Waals surface area contributed by atoms with Crippen LogP contribution in [-0.2, 0) is 0 Å². The molecule has 0 unspecified atom stereocenters. The summed E-state index contributed by atoms with van der Waals surface area (Å²) in [6.45, 7) is -1.09. The third-order valence-corrected chi connectivity index (χ3v) is 1.03. The standard InChI is InChI=1S/C7H6F2NO/c1-5-2-3-10-6(4-5)11-7(8)9/h3-4,7H,1H3. The lowest BCUT2D eigenvalue weighted by atomic mass is 10.3. The first-order chi connectivity index (χ1) is 5.18. The van der Waals surface area contributed by atoms with Crippen molar-refractivity contribution < 1.29 is 13.5 Å². The van der Waals surface area contributed by atoms with Gasteiger partial charge in [-0.05, 0) is 12.5 Å². The zero-order chi connectivity index (χ0) is 8.27. The first kappa shape index (κ1) is 7.91. The van der Waals surface area contributed by atoms with Crippen LogP contribution in [0.2, 0.25) is 0 Å². The maximum atomic E-state index is 11.6. The Balaban J connectivity index is 2.71. The highest BCUT2D eigenvalue weighted by molar-refractivity contribution is 5.17. The van der Waals surface area contributed by atoms with E-state index in [4.69, 9.17) is 0 Å². The summed E-state index contributed by atoms with van der Waals surface area (Å²) in [4.78, 5) is 3.52. The second-order valence-electron chi connectivity index (χ2n) is 1.95. The minimum absolute atomic E-state index is 0.0729. The van der Waals surface area contributed by atoms with E-state index in [-0.39, 0.29) is 5.88 Å². The van der Waals surface area contributed by atoms with Crippen molar-refractivity contribution in [2.75, 3.05) is 0 Å². The fourth-order valence-corrected chi connectivity index (χ4v) is 0.618. The summed E-state index contributed by atoms with van der Waals surface area (Å²) in [5.41, 5.74) is 0.718. The molecule has 11 heavy (non-hydrogen) atoms. The van der Waals surface area contributed by atoms with Crippen molar-refractivity contribution in [1.29, 1.82) is 0 Å². The maximum Gasteiger partial charge on any atom is 0.388 e. The van der Waals surface area contributed by atoms with Gasteiger partial charge in [-0.25, -0.2) is 4.98 Å². The Morgan fingerprint density at radius 2 is 2.36 bits per heavy atom. The second-order valence-corrected chi connectivity index (χ2v) is 1.95. The van der Waals surface area contributed by atoms with E-state index in [9.17, 15) is 8.78 Å². The van der Waals surface area contributed by atoms with Crippen LogP contribution < -0.4 is 4.74 Å². The van der Waals surface area contributed by atoms with E-state index >= 15 is 0 Å². The predicted molar refractivity (Wildman–Crippen MR) is 34.4 cm³/mol. The molecule has 2 nitrogen and oxygen atoms in total. The van der Waals surface area contributed by atoms with Gasteiger partial charge >= 0.3 is 6.61 Å². The fraction of sp³-hybridized carbons (Fsp3) is 0.286. The van der Waals surface area contributed by atoms with Crippen molar-refractivity contribution in [1.82, 2.24) is 4.98 Å². The first-order valence-electron chi connectivity index (χ1n) is 2.97. The zero-order valence-electron chi connectivity index (χ0n) is 5.84. The van der Waals surface area contributed by atoms with E-state index in [2.05, 4.69) is 15.8 Å². The van der Waals surface area contributed by atoms with Crippen molar-refractivity contribution in [3.63, 3.8) is 0 Å². The summed E-state index contributed by atoms with van der Waals surface area (Å²) < 4.78 is 27.2. The number of rotatable bonds is 2. The zero-order valence-corrected chi connectivity index (χ0v) is 5.84. The average Bonchev–Trinajstić information content (AvgIpc) is 1.85. The van der Waals surface area contributed by atoms with Crippen LogP contribution in [0.1, 0.15) is 5.56 Å². The average molecular weight is 158 g/mol. The largest absolute Gasteiger partial charge is 0.417 e. The van der Waals surface area contributed by atoms with Gasteiger partial charge in [-0.15, -0.1) is 0 Å². The van der Waals surface area contributed by atoms with Gasteiger partial charge in [-0.2, -0.15) is 8.78 Å². The number of hydrogen-bond donors (Lipinski definition) is 0. The maximum absolute atomic E-state index is 11.6. The topological polar surface area (TPSA) is 22.1 Å². The molecule has 0 aromatic carbocycles. The second kappa shape index (κ2) is 3.27. The Hall–Kier alpha value is -1.19. The lowest BCUT2D eigenvalue weighted by Crippen LogP contribution is -2.03. The Bertz CT molecular complexity index is 240. The van der Waals surface area contributed by atoms with Crippen LogP contribution in [-0.4, -0.2) is 11.6 Å². The molecule has 59 valence electrons. The number of alkyl halides is 2. The molecule has 0 saturated heterocycles. The van der Waals surface area contributed by atoms with Crippen LogP contribution in [0.5, 0.6) is 5.88 Å². The molecule has 0 N–H and O–H groups in total. The number of aromatic nitrogens is 1. The predicted octanol–water partition coefficient (Wildman–Crippen LogP) is 1.79. The van der Waals surface area contributed by atoms with Gasteiger partial charge in [-0.1, -0.05) is 0 Å². The Morgan fingerprint density at radius 3 is 2.91 bits per heavy atom. The van der Waals surface area contributed by atoms with Gasteiger partial charge in [0.25, 0.3) is 0 Å². The molecule has 0 atom stereocenters. The minimum Gasteiger partial charge on any atom is -0.417 e. The van der Waals surface area contributed by atoms with E-state index in [0.717, 1.165) is 5.56 Å². The summed E-state index contributed by atoms with van der Waals surface area (Å²) in [5, 5.41) is 0. The van der Waals surface area contributed by atoms with Crippen LogP contribution in [0.4, 0.5) is 8.78 Å². The van der Waals surface area contributed by atoms with Crippen molar-refractivity contribution in [3.05, 3.63) is 23.9 Å². The number of aryl methyl sites for hydroxylation is 1. The van der Waals surface area contributed by atoms with Gasteiger partial charge in [0.1, 0.15) is 0 Å². The molecule has 0 amide bonds. The van der Waals surface area contributed by atoms with Crippen LogP contribution in [0, 0.1) is 13.0 Å². The van der Waals surface area contributed by atoms with Crippen LogP contribution in [0.3, 0.4) is 0 Å². The molecule has 1 aromatic heterocycles. The Kier molecular flexibility index (Phi) is 2.36. The lowest BCUT2D eigenvalue weighted by Gasteiger charge is -2.01. The highest BCUT2D eigenvalue weighted by atomic mass is 19.3. The van der Waals surface area contributed by atoms with Gasteiger partial charge in [-0.3, -0.25) is 0 Å². The monoisotopic (exact) mass is 158 g/mol. The van der Waals surface area contributed by atoms with Gasteiger partial charge in [0.15, 0.2) is 0 Å². The van der Waals surface area contributed by atoms with Crippen molar-refractivity contribution >= 4 is 0 Å². The summed E-state index contributed by atoms with van der Waals surface area (Å²) in [6, 6.07) is 4.10. The van der Waals surface area contributed by atoms with E-state index in [1.807, 2.05) is 0 Å². The third kappa shape index (κ3) is 2.49. The fourth-order valence-electron chi connectivity index (χ4n) is 0.618. The molecule has 0 saturated carbocycles. The molecule has 0 bridgehead atoms. The van der Waals surface area contributed by atoms with E-state index < -0.39 is 6.61 Å². The summed E-state index contributed by atoms with van der Waals surface area (Å²) in [7, 11) is 0. The number of ether oxygens (including phenoxy) is 1. The molecule has 1 rings (SSSR count). The molecule has 1 radical (unpaired) electrons. The summed E-state index contributed by atoms with van der Waals surface area (Å²) in [6.07, 6.45) is 1.30. The molecule has 1 aromatic rings. The molecule has 0 aliphatic heterocycles. The smallest absolute Gasteiger partial charge is 0.388 e. The number of pyridine rings is 1. The quantitative estimate of drug-likeness (QED) is 0.654. The summed E-state index contributed by atoms with van der Waals surface area (Å²) in [5.74, 6) is -0.0729. The minimum atomic E-state index is -2.82. The highest BCUT2D eigenvalue weighted by Crippen LogP contribution is 2.10. The molecular formula is C7H6F2NO. The first-order valence-corrected chi connectivity index (χ1v) is 2.97. The Labute approximate surface area is 62.8 Å². The lowest BCUT2D eigenvalue weighted by molar-refractivity contribution is -0.0528. The third-order valence-electron chi connectivity index (χ3n) is 1.03. The van der Waals surface area contributed by atoms with Crippen molar-refractivity contribution in [2.24, 2.45) is 0 Å². The molecule has 0 aliphatic rings. The molecule has 4 heteroatoms. The van der Waals surface area contributed by atoms with E-state index in [1.165, 1.54) is 12.3 Å². The molecule has 1 heterocycles. The van der Waals surface area contributed by atoms with Gasteiger partial charge in [0.05, 0.1) is 0 Å². The molecule has 0 spiro atoms. The SMILES string of the molecule is Cc1[c]cnc(OC(F)F)c1. The molecular weight excluding hydrogens is 152 g/mol. The molecule has 0 aliphatic carbocycles.